The van der Waals surface area contributed by atoms with E-state index in [9.17, 15) is 0 Å². The third-order valence-corrected chi connectivity index (χ3v) is 2.72. The van der Waals surface area contributed by atoms with Crippen molar-refractivity contribution in [2.24, 2.45) is 5.73 Å². The minimum absolute atomic E-state index is 0.477. The molecule has 0 aliphatic rings. The van der Waals surface area contributed by atoms with Crippen LogP contribution in [0.4, 0.5) is 0 Å². The molecule has 0 bridgehead atoms. The summed E-state index contributed by atoms with van der Waals surface area (Å²) in [7, 11) is 1.65. The fourth-order valence-corrected chi connectivity index (χ4v) is 1.68. The van der Waals surface area contributed by atoms with E-state index in [1.54, 1.807) is 7.11 Å². The van der Waals surface area contributed by atoms with E-state index in [1.807, 2.05) is 25.1 Å². The summed E-state index contributed by atoms with van der Waals surface area (Å²) in [6, 6.07) is 6.00. The number of rotatable bonds is 11. The Hall–Kier alpha value is -1.14. The summed E-state index contributed by atoms with van der Waals surface area (Å²) in [6.07, 6.45) is 0. The van der Waals surface area contributed by atoms with Gasteiger partial charge in [0.1, 0.15) is 12.4 Å². The molecule has 1 rings (SSSR count). The van der Waals surface area contributed by atoms with Crippen LogP contribution in [-0.4, -0.2) is 46.8 Å². The Kier molecular flexibility index (Phi) is 8.98. The minimum atomic E-state index is 0.477. The third kappa shape index (κ3) is 6.86. The lowest BCUT2D eigenvalue weighted by molar-refractivity contribution is 0.0179. The van der Waals surface area contributed by atoms with Crippen LogP contribution in [0.1, 0.15) is 11.1 Å². The fourth-order valence-electron chi connectivity index (χ4n) is 1.68. The lowest BCUT2D eigenvalue weighted by Gasteiger charge is -2.11. The van der Waals surface area contributed by atoms with Crippen molar-refractivity contribution in [1.29, 1.82) is 0 Å². The van der Waals surface area contributed by atoms with E-state index in [4.69, 9.17) is 24.7 Å². The van der Waals surface area contributed by atoms with Gasteiger partial charge in [-0.1, -0.05) is 17.7 Å². The number of aryl methyl sites for hydroxylation is 1. The van der Waals surface area contributed by atoms with Crippen LogP contribution in [0, 0.1) is 6.92 Å². The fraction of sp³-hybridized carbons (Fsp3) is 0.600. The van der Waals surface area contributed by atoms with E-state index < -0.39 is 0 Å². The molecule has 2 N–H and O–H groups in total. The quantitative estimate of drug-likeness (QED) is 0.624. The molecule has 0 amide bonds. The molecule has 5 nitrogen and oxygen atoms in total. The van der Waals surface area contributed by atoms with Gasteiger partial charge in [0.05, 0.1) is 33.0 Å². The van der Waals surface area contributed by atoms with Crippen molar-refractivity contribution in [2.45, 2.75) is 13.5 Å². The van der Waals surface area contributed by atoms with Crippen LogP contribution >= 0.6 is 0 Å². The van der Waals surface area contributed by atoms with Crippen molar-refractivity contribution in [3.63, 3.8) is 0 Å². The molecule has 0 fully saturated rings. The highest BCUT2D eigenvalue weighted by Gasteiger charge is 2.02. The second-order valence-electron chi connectivity index (χ2n) is 4.38. The molecule has 114 valence electrons. The Balaban J connectivity index is 2.09. The van der Waals surface area contributed by atoms with E-state index in [2.05, 4.69) is 0 Å². The van der Waals surface area contributed by atoms with Crippen LogP contribution in [0.3, 0.4) is 0 Å². The highest BCUT2D eigenvalue weighted by molar-refractivity contribution is 5.36. The van der Waals surface area contributed by atoms with Gasteiger partial charge in [-0.25, -0.2) is 0 Å². The van der Waals surface area contributed by atoms with E-state index in [0.29, 0.717) is 46.2 Å². The van der Waals surface area contributed by atoms with Gasteiger partial charge in [0.25, 0.3) is 0 Å². The van der Waals surface area contributed by atoms with Crippen molar-refractivity contribution < 1.29 is 18.9 Å². The summed E-state index contributed by atoms with van der Waals surface area (Å²) >= 11 is 0. The summed E-state index contributed by atoms with van der Waals surface area (Å²) in [6.45, 7) is 5.89. The van der Waals surface area contributed by atoms with Gasteiger partial charge >= 0.3 is 0 Å². The van der Waals surface area contributed by atoms with Crippen LogP contribution in [-0.2, 0) is 20.8 Å². The standard InChI is InChI=1S/C15H25NO4/c1-13-3-4-15(14(11-13)12-16)20-10-9-19-8-7-18-6-5-17-2/h3-4,11H,5-10,12,16H2,1-2H3. The SMILES string of the molecule is COCCOCCOCCOc1ccc(C)cc1CN. The van der Waals surface area contributed by atoms with E-state index in [0.717, 1.165) is 11.3 Å². The largest absolute Gasteiger partial charge is 0.491 e. The molecule has 1 aromatic rings. The van der Waals surface area contributed by atoms with Gasteiger partial charge in [-0.3, -0.25) is 0 Å². The number of ether oxygens (including phenoxy) is 4. The summed E-state index contributed by atoms with van der Waals surface area (Å²) in [5.41, 5.74) is 7.90. The molecule has 0 aliphatic heterocycles. The van der Waals surface area contributed by atoms with Gasteiger partial charge in [0.2, 0.25) is 0 Å². The summed E-state index contributed by atoms with van der Waals surface area (Å²) in [5, 5.41) is 0. The molecule has 0 saturated heterocycles. The molecule has 0 unspecified atom stereocenters. The van der Waals surface area contributed by atoms with E-state index >= 15 is 0 Å². The zero-order valence-corrected chi connectivity index (χ0v) is 12.4. The molecular formula is C15H25NO4. The second-order valence-corrected chi connectivity index (χ2v) is 4.38. The topological polar surface area (TPSA) is 62.9 Å². The Labute approximate surface area is 121 Å². The molecule has 0 aromatic heterocycles. The normalized spacial score (nSPS) is 10.8. The predicted molar refractivity (Wildman–Crippen MR) is 78.1 cm³/mol. The van der Waals surface area contributed by atoms with Gasteiger partial charge in [-0.05, 0) is 13.0 Å². The average molecular weight is 283 g/mol. The van der Waals surface area contributed by atoms with Gasteiger partial charge in [-0.15, -0.1) is 0 Å². The van der Waals surface area contributed by atoms with Gasteiger partial charge in [0, 0.05) is 19.2 Å². The Morgan fingerprint density at radius 2 is 1.60 bits per heavy atom. The molecule has 0 radical (unpaired) electrons. The first-order valence-corrected chi connectivity index (χ1v) is 6.84. The smallest absolute Gasteiger partial charge is 0.123 e. The number of hydrogen-bond acceptors (Lipinski definition) is 5. The Morgan fingerprint density at radius 3 is 2.25 bits per heavy atom. The van der Waals surface area contributed by atoms with Crippen LogP contribution in [0.5, 0.6) is 5.75 Å². The first-order chi connectivity index (χ1) is 9.77. The van der Waals surface area contributed by atoms with Crippen molar-refractivity contribution >= 4 is 0 Å². The molecule has 1 aromatic carbocycles. The van der Waals surface area contributed by atoms with Crippen LogP contribution in [0.2, 0.25) is 0 Å². The highest BCUT2D eigenvalue weighted by atomic mass is 16.6. The Morgan fingerprint density at radius 1 is 0.950 bits per heavy atom. The highest BCUT2D eigenvalue weighted by Crippen LogP contribution is 2.19. The first kappa shape index (κ1) is 16.9. The number of nitrogens with two attached hydrogens (primary N) is 1. The maximum atomic E-state index is 5.69. The van der Waals surface area contributed by atoms with Gasteiger partial charge in [-0.2, -0.15) is 0 Å². The molecule has 5 heteroatoms. The average Bonchev–Trinajstić information content (AvgIpc) is 2.46. The predicted octanol–water partition coefficient (Wildman–Crippen LogP) is 1.51. The van der Waals surface area contributed by atoms with Gasteiger partial charge < -0.3 is 24.7 Å². The molecule has 0 aliphatic carbocycles. The molecular weight excluding hydrogens is 258 g/mol. The van der Waals surface area contributed by atoms with Gasteiger partial charge in [0.15, 0.2) is 0 Å². The molecule has 0 saturated carbocycles. The molecule has 20 heavy (non-hydrogen) atoms. The maximum Gasteiger partial charge on any atom is 0.123 e. The number of methoxy groups -OCH3 is 1. The lowest BCUT2D eigenvalue weighted by Crippen LogP contribution is -2.13. The molecule has 0 spiro atoms. The van der Waals surface area contributed by atoms with E-state index in [1.165, 1.54) is 5.56 Å². The number of benzene rings is 1. The van der Waals surface area contributed by atoms with Crippen molar-refractivity contribution in [1.82, 2.24) is 0 Å². The lowest BCUT2D eigenvalue weighted by atomic mass is 10.1. The molecule has 0 atom stereocenters. The van der Waals surface area contributed by atoms with E-state index in [-0.39, 0.29) is 0 Å². The minimum Gasteiger partial charge on any atom is -0.491 e. The maximum absolute atomic E-state index is 5.69. The monoisotopic (exact) mass is 283 g/mol. The van der Waals surface area contributed by atoms with Crippen LogP contribution in [0.25, 0.3) is 0 Å². The summed E-state index contributed by atoms with van der Waals surface area (Å²) in [5.74, 6) is 0.832. The van der Waals surface area contributed by atoms with Crippen molar-refractivity contribution in [3.8, 4) is 5.75 Å². The van der Waals surface area contributed by atoms with Crippen molar-refractivity contribution in [2.75, 3.05) is 46.8 Å². The zero-order chi connectivity index (χ0) is 14.6. The van der Waals surface area contributed by atoms with Crippen LogP contribution < -0.4 is 10.5 Å². The first-order valence-electron chi connectivity index (χ1n) is 6.84. The Bertz CT molecular complexity index is 371. The molecule has 0 heterocycles. The van der Waals surface area contributed by atoms with Crippen molar-refractivity contribution in [3.05, 3.63) is 29.3 Å². The third-order valence-electron chi connectivity index (χ3n) is 2.72. The zero-order valence-electron chi connectivity index (χ0n) is 12.4. The second kappa shape index (κ2) is 10.6. The number of hydrogen-bond donors (Lipinski definition) is 1. The summed E-state index contributed by atoms with van der Waals surface area (Å²) < 4.78 is 21.2. The van der Waals surface area contributed by atoms with Crippen LogP contribution in [0.15, 0.2) is 18.2 Å². The summed E-state index contributed by atoms with van der Waals surface area (Å²) in [4.78, 5) is 0.